The zero-order chi connectivity index (χ0) is 12.9. The molecule has 7 heteroatoms. The first-order valence-electron chi connectivity index (χ1n) is 5.50. The van der Waals surface area contributed by atoms with Crippen molar-refractivity contribution < 1.29 is 9.42 Å². The normalized spacial score (nSPS) is 11.5. The summed E-state index contributed by atoms with van der Waals surface area (Å²) in [6.45, 7) is 4.79. The van der Waals surface area contributed by atoms with Crippen molar-refractivity contribution in [2.45, 2.75) is 31.4 Å². The summed E-state index contributed by atoms with van der Waals surface area (Å²) in [4.78, 5) is 11.8. The molecular weight excluding hydrogens is 240 g/mol. The van der Waals surface area contributed by atoms with Crippen LogP contribution in [0.1, 0.15) is 37.2 Å². The lowest BCUT2D eigenvalue weighted by Crippen LogP contribution is -2.39. The minimum Gasteiger partial charge on any atom is -0.379 e. The van der Waals surface area contributed by atoms with Gasteiger partial charge in [-0.2, -0.15) is 11.8 Å². The number of nitrogen functional groups attached to an aromatic ring is 1. The van der Waals surface area contributed by atoms with Crippen LogP contribution in [-0.4, -0.2) is 33.8 Å². The third-order valence-electron chi connectivity index (χ3n) is 3.02. The van der Waals surface area contributed by atoms with Gasteiger partial charge in [0.1, 0.15) is 0 Å². The van der Waals surface area contributed by atoms with Crippen molar-refractivity contribution in [1.29, 1.82) is 0 Å². The summed E-state index contributed by atoms with van der Waals surface area (Å²) in [5.41, 5.74) is 5.49. The highest BCUT2D eigenvalue weighted by Gasteiger charge is 2.26. The van der Waals surface area contributed by atoms with E-state index >= 15 is 0 Å². The molecule has 0 spiro atoms. The summed E-state index contributed by atoms with van der Waals surface area (Å²) in [6.07, 6.45) is 4.01. The van der Waals surface area contributed by atoms with Crippen LogP contribution < -0.4 is 11.1 Å². The average Bonchev–Trinajstić information content (AvgIpc) is 2.78. The van der Waals surface area contributed by atoms with Crippen LogP contribution in [0.4, 0.5) is 5.82 Å². The number of carbonyl (C=O) groups excluding carboxylic acids is 1. The van der Waals surface area contributed by atoms with Gasteiger partial charge in [0.2, 0.25) is 11.5 Å². The molecule has 0 aromatic carbocycles. The summed E-state index contributed by atoms with van der Waals surface area (Å²) in [7, 11) is 0. The van der Waals surface area contributed by atoms with Gasteiger partial charge in [0.05, 0.1) is 0 Å². The van der Waals surface area contributed by atoms with E-state index in [1.165, 1.54) is 0 Å². The summed E-state index contributed by atoms with van der Waals surface area (Å²) in [6, 6.07) is 0. The van der Waals surface area contributed by atoms with Gasteiger partial charge in [-0.25, -0.2) is 4.63 Å². The molecule has 0 radical (unpaired) electrons. The second-order valence-corrected chi connectivity index (χ2v) is 5.05. The number of thioether (sulfide) groups is 1. The first-order chi connectivity index (χ1) is 8.08. The van der Waals surface area contributed by atoms with Crippen LogP contribution in [0.15, 0.2) is 4.63 Å². The molecule has 0 bridgehead atoms. The zero-order valence-electron chi connectivity index (χ0n) is 10.3. The second-order valence-electron chi connectivity index (χ2n) is 3.77. The molecule has 1 heterocycles. The molecule has 0 fully saturated rings. The molecule has 17 heavy (non-hydrogen) atoms. The first kappa shape index (κ1) is 13.8. The highest BCUT2D eigenvalue weighted by molar-refractivity contribution is 8.00. The average molecular weight is 258 g/mol. The van der Waals surface area contributed by atoms with Crippen LogP contribution in [0.25, 0.3) is 0 Å². The van der Waals surface area contributed by atoms with Gasteiger partial charge < -0.3 is 11.1 Å². The Morgan fingerprint density at radius 1 is 1.47 bits per heavy atom. The summed E-state index contributed by atoms with van der Waals surface area (Å²) >= 11 is 1.76. The molecule has 0 atom stereocenters. The Labute approximate surface area is 105 Å². The third kappa shape index (κ3) is 3.12. The van der Waals surface area contributed by atoms with E-state index in [1.54, 1.807) is 11.8 Å². The van der Waals surface area contributed by atoms with Crippen molar-refractivity contribution in [1.82, 2.24) is 15.6 Å². The smallest absolute Gasteiger partial charge is 0.277 e. The van der Waals surface area contributed by atoms with Gasteiger partial charge in [-0.1, -0.05) is 13.8 Å². The van der Waals surface area contributed by atoms with Gasteiger partial charge in [-0.3, -0.25) is 4.79 Å². The van der Waals surface area contributed by atoms with E-state index < -0.39 is 0 Å². The molecule has 3 N–H and O–H groups in total. The van der Waals surface area contributed by atoms with E-state index in [-0.39, 0.29) is 22.2 Å². The van der Waals surface area contributed by atoms with Crippen molar-refractivity contribution in [2.75, 3.05) is 18.5 Å². The Hall–Kier alpha value is -1.24. The molecule has 1 aromatic rings. The van der Waals surface area contributed by atoms with E-state index in [9.17, 15) is 4.79 Å². The Morgan fingerprint density at radius 3 is 2.53 bits per heavy atom. The lowest BCUT2D eigenvalue weighted by Gasteiger charge is -2.29. The number of hydrogen-bond acceptors (Lipinski definition) is 6. The number of nitrogens with zero attached hydrogens (tertiary/aromatic N) is 2. The largest absolute Gasteiger partial charge is 0.379 e. The van der Waals surface area contributed by atoms with E-state index in [2.05, 4.69) is 34.1 Å². The van der Waals surface area contributed by atoms with Gasteiger partial charge >= 0.3 is 0 Å². The highest BCUT2D eigenvalue weighted by Crippen LogP contribution is 2.29. The SMILES string of the molecule is CCC(CC)(CNC(=O)c1nonc1N)SC. The molecule has 6 nitrogen and oxygen atoms in total. The van der Waals surface area contributed by atoms with Crippen molar-refractivity contribution in [3.05, 3.63) is 5.69 Å². The maximum absolute atomic E-state index is 11.8. The van der Waals surface area contributed by atoms with Crippen molar-refractivity contribution in [3.8, 4) is 0 Å². The number of nitrogens with one attached hydrogen (secondary N) is 1. The van der Waals surface area contributed by atoms with Crippen LogP contribution in [0.2, 0.25) is 0 Å². The molecule has 1 aromatic heterocycles. The fourth-order valence-corrected chi connectivity index (χ4v) is 2.33. The molecule has 1 rings (SSSR count). The fourth-order valence-electron chi connectivity index (χ4n) is 1.54. The number of nitrogens with two attached hydrogens (primary N) is 1. The van der Waals surface area contributed by atoms with Crippen molar-refractivity contribution in [3.63, 3.8) is 0 Å². The molecule has 0 saturated heterocycles. The van der Waals surface area contributed by atoms with Crippen LogP contribution in [0.3, 0.4) is 0 Å². The molecule has 0 unspecified atom stereocenters. The zero-order valence-corrected chi connectivity index (χ0v) is 11.1. The van der Waals surface area contributed by atoms with Gasteiger partial charge in [-0.05, 0) is 29.4 Å². The number of carbonyl (C=O) groups is 1. The Balaban J connectivity index is 2.62. The van der Waals surface area contributed by atoms with Gasteiger partial charge in [0.15, 0.2) is 0 Å². The first-order valence-corrected chi connectivity index (χ1v) is 6.72. The molecule has 0 saturated carbocycles. The minimum absolute atomic E-state index is 0.0187. The monoisotopic (exact) mass is 258 g/mol. The van der Waals surface area contributed by atoms with Gasteiger partial charge in [-0.15, -0.1) is 0 Å². The van der Waals surface area contributed by atoms with E-state index in [4.69, 9.17) is 5.73 Å². The lowest BCUT2D eigenvalue weighted by molar-refractivity contribution is 0.0939. The highest BCUT2D eigenvalue weighted by atomic mass is 32.2. The Kier molecular flexibility index (Phi) is 4.80. The predicted octanol–water partition coefficient (Wildman–Crippen LogP) is 1.30. The van der Waals surface area contributed by atoms with Crippen LogP contribution in [-0.2, 0) is 0 Å². The number of amides is 1. The summed E-state index contributed by atoms with van der Waals surface area (Å²) < 4.78 is 4.44. The molecule has 0 aliphatic rings. The van der Waals surface area contributed by atoms with Crippen molar-refractivity contribution >= 4 is 23.5 Å². The fraction of sp³-hybridized carbons (Fsp3) is 0.700. The maximum Gasteiger partial charge on any atom is 0.277 e. The topological polar surface area (TPSA) is 94.0 Å². The quantitative estimate of drug-likeness (QED) is 0.798. The molecule has 1 amide bonds. The standard InChI is InChI=1S/C10H18N4O2S/c1-4-10(5-2,17-3)6-12-9(15)7-8(11)14-16-13-7/h4-6H2,1-3H3,(H2,11,14)(H,12,15). The van der Waals surface area contributed by atoms with Crippen LogP contribution in [0, 0.1) is 0 Å². The van der Waals surface area contributed by atoms with Crippen LogP contribution in [0.5, 0.6) is 0 Å². The molecular formula is C10H18N4O2S. The number of aromatic nitrogens is 2. The number of hydrogen-bond donors (Lipinski definition) is 2. The molecule has 0 aliphatic carbocycles. The Bertz CT molecular complexity index is 368. The van der Waals surface area contributed by atoms with E-state index in [1.807, 2.05) is 6.26 Å². The summed E-state index contributed by atoms with van der Waals surface area (Å²) in [5, 5.41) is 9.65. The third-order valence-corrected chi connectivity index (χ3v) is 4.61. The summed E-state index contributed by atoms with van der Waals surface area (Å²) in [5.74, 6) is -0.325. The second kappa shape index (κ2) is 5.90. The van der Waals surface area contributed by atoms with Gasteiger partial charge in [0.25, 0.3) is 5.91 Å². The van der Waals surface area contributed by atoms with Crippen molar-refractivity contribution in [2.24, 2.45) is 0 Å². The minimum atomic E-state index is -0.343. The lowest BCUT2D eigenvalue weighted by atomic mass is 10.0. The molecule has 0 aliphatic heterocycles. The maximum atomic E-state index is 11.8. The number of anilines is 1. The molecule has 96 valence electrons. The number of rotatable bonds is 6. The van der Waals surface area contributed by atoms with Crippen LogP contribution >= 0.6 is 11.8 Å². The Morgan fingerprint density at radius 2 is 2.12 bits per heavy atom. The van der Waals surface area contributed by atoms with Gasteiger partial charge in [0, 0.05) is 11.3 Å². The predicted molar refractivity (Wildman–Crippen MR) is 67.9 cm³/mol. The van der Waals surface area contributed by atoms with E-state index in [0.717, 1.165) is 12.8 Å². The van der Waals surface area contributed by atoms with E-state index in [0.29, 0.717) is 6.54 Å².